The summed E-state index contributed by atoms with van der Waals surface area (Å²) in [7, 11) is 0. The van der Waals surface area contributed by atoms with E-state index in [0.29, 0.717) is 11.8 Å². The van der Waals surface area contributed by atoms with Gasteiger partial charge in [-0.2, -0.15) is 0 Å². The zero-order valence-corrected chi connectivity index (χ0v) is 15.5. The molecule has 0 heterocycles. The summed E-state index contributed by atoms with van der Waals surface area (Å²) in [6, 6.07) is 0. The van der Waals surface area contributed by atoms with Crippen molar-refractivity contribution in [3.8, 4) is 0 Å². The van der Waals surface area contributed by atoms with Crippen LogP contribution in [0.5, 0.6) is 0 Å². The molecule has 1 saturated carbocycles. The van der Waals surface area contributed by atoms with Crippen LogP contribution in [0.4, 0.5) is 0 Å². The van der Waals surface area contributed by atoms with Crippen molar-refractivity contribution in [2.24, 2.45) is 22.7 Å². The number of carbonyl (C=O) groups excluding carboxylic acids is 1. The van der Waals surface area contributed by atoms with Crippen molar-refractivity contribution in [1.82, 2.24) is 0 Å². The molecule has 2 heteroatoms. The van der Waals surface area contributed by atoms with E-state index >= 15 is 0 Å². The van der Waals surface area contributed by atoms with Crippen LogP contribution in [0.3, 0.4) is 0 Å². The van der Waals surface area contributed by atoms with Crippen molar-refractivity contribution in [3.63, 3.8) is 0 Å². The molecule has 0 saturated heterocycles. The van der Waals surface area contributed by atoms with Gasteiger partial charge in [0, 0.05) is 0 Å². The summed E-state index contributed by atoms with van der Waals surface area (Å²) in [6.07, 6.45) is 5.30. The van der Waals surface area contributed by atoms with Crippen LogP contribution in [0.1, 0.15) is 87.5 Å². The first-order valence-corrected chi connectivity index (χ1v) is 8.68. The smallest absolute Gasteiger partial charge is 0.312 e. The molecule has 0 aromatic rings. The van der Waals surface area contributed by atoms with E-state index in [2.05, 4.69) is 55.4 Å². The molecule has 124 valence electrons. The van der Waals surface area contributed by atoms with Crippen molar-refractivity contribution in [3.05, 3.63) is 0 Å². The van der Waals surface area contributed by atoms with Gasteiger partial charge in [-0.1, -0.05) is 48.5 Å². The lowest BCUT2D eigenvalue weighted by Crippen LogP contribution is -2.48. The van der Waals surface area contributed by atoms with Gasteiger partial charge in [-0.05, 0) is 56.3 Å². The summed E-state index contributed by atoms with van der Waals surface area (Å²) in [4.78, 5) is 13.1. The highest BCUT2D eigenvalue weighted by Gasteiger charge is 2.50. The van der Waals surface area contributed by atoms with E-state index in [0.717, 1.165) is 19.3 Å². The predicted octanol–water partition coefficient (Wildman–Crippen LogP) is 5.60. The first-order valence-electron chi connectivity index (χ1n) is 8.68. The standard InChI is InChI=1S/C19H36O2/c1-14(2)13-18(8,17(5,6)7)16(20)21-19(15(3)4)11-9-10-12-19/h14-15H,9-13H2,1-8H3. The zero-order chi connectivity index (χ0) is 16.5. The molecule has 0 aromatic heterocycles. The third kappa shape index (κ3) is 3.81. The van der Waals surface area contributed by atoms with Gasteiger partial charge in [0.15, 0.2) is 0 Å². The van der Waals surface area contributed by atoms with Crippen molar-refractivity contribution in [2.75, 3.05) is 0 Å². The van der Waals surface area contributed by atoms with Gasteiger partial charge in [0.05, 0.1) is 5.41 Å². The molecule has 0 radical (unpaired) electrons. The summed E-state index contributed by atoms with van der Waals surface area (Å²) in [5.41, 5.74) is -0.739. The number of hydrogen-bond donors (Lipinski definition) is 0. The lowest BCUT2D eigenvalue weighted by molar-refractivity contribution is -0.184. The Kier molecular flexibility index (Phi) is 5.56. The predicted molar refractivity (Wildman–Crippen MR) is 89.1 cm³/mol. The van der Waals surface area contributed by atoms with E-state index in [-0.39, 0.29) is 17.0 Å². The van der Waals surface area contributed by atoms with Crippen LogP contribution in [0, 0.1) is 22.7 Å². The van der Waals surface area contributed by atoms with Gasteiger partial charge in [-0.25, -0.2) is 0 Å². The van der Waals surface area contributed by atoms with Gasteiger partial charge in [-0.3, -0.25) is 4.79 Å². The third-order valence-corrected chi connectivity index (χ3v) is 5.72. The molecule has 1 aliphatic rings. The van der Waals surface area contributed by atoms with Crippen LogP contribution in [-0.2, 0) is 9.53 Å². The van der Waals surface area contributed by atoms with Gasteiger partial charge in [0.2, 0.25) is 0 Å². The number of ether oxygens (including phenoxy) is 1. The fraction of sp³-hybridized carbons (Fsp3) is 0.947. The molecule has 1 fully saturated rings. The second-order valence-corrected chi connectivity index (χ2v) is 9.00. The molecule has 1 aliphatic carbocycles. The topological polar surface area (TPSA) is 26.3 Å². The van der Waals surface area contributed by atoms with Crippen molar-refractivity contribution < 1.29 is 9.53 Å². The van der Waals surface area contributed by atoms with E-state index in [1.807, 2.05) is 0 Å². The van der Waals surface area contributed by atoms with Crippen LogP contribution < -0.4 is 0 Å². The van der Waals surface area contributed by atoms with Gasteiger partial charge >= 0.3 is 5.97 Å². The Balaban J connectivity index is 3.01. The minimum atomic E-state index is -0.425. The molecule has 0 N–H and O–H groups in total. The Hall–Kier alpha value is -0.530. The molecule has 0 spiro atoms. The van der Waals surface area contributed by atoms with E-state index in [4.69, 9.17) is 4.74 Å². The maximum atomic E-state index is 13.1. The monoisotopic (exact) mass is 296 g/mol. The Morgan fingerprint density at radius 2 is 1.52 bits per heavy atom. The molecular weight excluding hydrogens is 260 g/mol. The van der Waals surface area contributed by atoms with Gasteiger partial charge in [-0.15, -0.1) is 0 Å². The summed E-state index contributed by atoms with van der Waals surface area (Å²) < 4.78 is 6.21. The van der Waals surface area contributed by atoms with E-state index in [1.165, 1.54) is 12.8 Å². The lowest BCUT2D eigenvalue weighted by Gasteiger charge is -2.44. The number of rotatable bonds is 5. The SMILES string of the molecule is CC(C)CC(C)(C(=O)OC1(C(C)C)CCCC1)C(C)(C)C. The first kappa shape index (κ1) is 18.5. The van der Waals surface area contributed by atoms with E-state index in [9.17, 15) is 4.79 Å². The van der Waals surface area contributed by atoms with Crippen LogP contribution in [0.2, 0.25) is 0 Å². The Labute approximate surface area is 132 Å². The summed E-state index contributed by atoms with van der Waals surface area (Å²) in [5.74, 6) is 0.895. The van der Waals surface area contributed by atoms with Crippen LogP contribution in [0.15, 0.2) is 0 Å². The molecule has 1 atom stereocenters. The number of carbonyl (C=O) groups is 1. The molecule has 1 rings (SSSR count). The molecular formula is C19H36O2. The maximum Gasteiger partial charge on any atom is 0.312 e. The third-order valence-electron chi connectivity index (χ3n) is 5.72. The summed E-state index contributed by atoms with van der Waals surface area (Å²) in [6.45, 7) is 17.3. The highest BCUT2D eigenvalue weighted by molar-refractivity contribution is 5.78. The average molecular weight is 296 g/mol. The van der Waals surface area contributed by atoms with Crippen LogP contribution in [0.25, 0.3) is 0 Å². The average Bonchev–Trinajstić information content (AvgIpc) is 2.76. The maximum absolute atomic E-state index is 13.1. The second-order valence-electron chi connectivity index (χ2n) is 9.00. The van der Waals surface area contributed by atoms with Gasteiger partial charge < -0.3 is 4.74 Å². The molecule has 0 bridgehead atoms. The largest absolute Gasteiger partial charge is 0.458 e. The Bertz CT molecular complexity index is 356. The van der Waals surface area contributed by atoms with E-state index < -0.39 is 5.41 Å². The minimum Gasteiger partial charge on any atom is -0.458 e. The van der Waals surface area contributed by atoms with Crippen LogP contribution in [-0.4, -0.2) is 11.6 Å². The normalized spacial score (nSPS) is 21.6. The summed E-state index contributed by atoms with van der Waals surface area (Å²) in [5, 5.41) is 0. The quantitative estimate of drug-likeness (QED) is 0.617. The minimum absolute atomic E-state index is 0.0132. The molecule has 21 heavy (non-hydrogen) atoms. The lowest BCUT2D eigenvalue weighted by atomic mass is 9.64. The van der Waals surface area contributed by atoms with E-state index in [1.54, 1.807) is 0 Å². The van der Waals surface area contributed by atoms with Crippen molar-refractivity contribution >= 4 is 5.97 Å². The summed E-state index contributed by atoms with van der Waals surface area (Å²) >= 11 is 0. The highest BCUT2D eigenvalue weighted by atomic mass is 16.6. The van der Waals surface area contributed by atoms with Gasteiger partial charge in [0.1, 0.15) is 5.60 Å². The van der Waals surface area contributed by atoms with Crippen molar-refractivity contribution in [1.29, 1.82) is 0 Å². The molecule has 0 aromatic carbocycles. The molecule has 0 aliphatic heterocycles. The Morgan fingerprint density at radius 1 is 1.05 bits per heavy atom. The second kappa shape index (κ2) is 6.30. The fourth-order valence-corrected chi connectivity index (χ4v) is 3.58. The van der Waals surface area contributed by atoms with Gasteiger partial charge in [0.25, 0.3) is 0 Å². The molecule has 1 unspecified atom stereocenters. The zero-order valence-electron chi connectivity index (χ0n) is 15.5. The first-order chi connectivity index (χ1) is 9.44. The number of hydrogen-bond acceptors (Lipinski definition) is 2. The highest BCUT2D eigenvalue weighted by Crippen LogP contribution is 2.47. The molecule has 0 amide bonds. The number of esters is 1. The fourth-order valence-electron chi connectivity index (χ4n) is 3.58. The Morgan fingerprint density at radius 3 is 1.86 bits per heavy atom. The van der Waals surface area contributed by atoms with Crippen LogP contribution >= 0.6 is 0 Å². The van der Waals surface area contributed by atoms with Crippen molar-refractivity contribution in [2.45, 2.75) is 93.1 Å². The molecule has 2 nitrogen and oxygen atoms in total.